The summed E-state index contributed by atoms with van der Waals surface area (Å²) in [4.78, 5) is 25.9. The predicted molar refractivity (Wildman–Crippen MR) is 155 cm³/mol. The summed E-state index contributed by atoms with van der Waals surface area (Å²) in [6.45, 7) is 9.10. The van der Waals surface area contributed by atoms with Crippen LogP contribution in [-0.4, -0.2) is 57.1 Å². The van der Waals surface area contributed by atoms with Gasteiger partial charge in [0, 0.05) is 12.0 Å². The van der Waals surface area contributed by atoms with Gasteiger partial charge in [-0.3, -0.25) is 4.90 Å². The van der Waals surface area contributed by atoms with Crippen molar-refractivity contribution < 1.29 is 19.1 Å². The van der Waals surface area contributed by atoms with Crippen LogP contribution in [0.3, 0.4) is 0 Å². The average Bonchev–Trinajstić information content (AvgIpc) is 2.86. The van der Waals surface area contributed by atoms with Crippen molar-refractivity contribution in [3.63, 3.8) is 0 Å². The maximum Gasteiger partial charge on any atom is 0.408 e. The van der Waals surface area contributed by atoms with Crippen molar-refractivity contribution in [2.45, 2.75) is 143 Å². The van der Waals surface area contributed by atoms with Gasteiger partial charge in [0.05, 0.1) is 6.17 Å². The van der Waals surface area contributed by atoms with Crippen molar-refractivity contribution in [3.05, 3.63) is 0 Å². The van der Waals surface area contributed by atoms with E-state index in [-0.39, 0.29) is 19.4 Å². The lowest BCUT2D eigenvalue weighted by Crippen LogP contribution is -2.45. The van der Waals surface area contributed by atoms with Crippen LogP contribution in [0.5, 0.6) is 0 Å². The minimum Gasteiger partial charge on any atom is -0.449 e. The molecule has 37 heavy (non-hydrogen) atoms. The molecule has 2 amide bonds. The molecular formula is C30H61N3O4. The van der Waals surface area contributed by atoms with Crippen molar-refractivity contribution in [3.8, 4) is 0 Å². The molecule has 220 valence electrons. The highest BCUT2D eigenvalue weighted by molar-refractivity contribution is 5.67. The number of alkyl carbamates (subject to hydrolysis) is 2. The monoisotopic (exact) mass is 527 g/mol. The summed E-state index contributed by atoms with van der Waals surface area (Å²) in [6.07, 6.45) is 21.2. The molecule has 0 saturated heterocycles. The first kappa shape index (κ1) is 35.5. The first-order valence-electron chi connectivity index (χ1n) is 15.2. The van der Waals surface area contributed by atoms with Gasteiger partial charge in [-0.05, 0) is 26.9 Å². The van der Waals surface area contributed by atoms with Crippen LogP contribution in [0.25, 0.3) is 0 Å². The lowest BCUT2D eigenvalue weighted by atomic mass is 9.96. The second-order valence-electron chi connectivity index (χ2n) is 11.6. The van der Waals surface area contributed by atoms with Gasteiger partial charge in [0.2, 0.25) is 0 Å². The Bertz CT molecular complexity index is 555. The molecule has 0 aliphatic heterocycles. The van der Waals surface area contributed by atoms with Gasteiger partial charge in [-0.25, -0.2) is 9.59 Å². The molecule has 0 aromatic heterocycles. The average molecular weight is 528 g/mol. The van der Waals surface area contributed by atoms with Gasteiger partial charge in [-0.2, -0.15) is 0 Å². The Balaban J connectivity index is 3.57. The molecule has 0 heterocycles. The molecule has 7 heteroatoms. The molecule has 0 aliphatic carbocycles. The van der Waals surface area contributed by atoms with E-state index in [1.54, 1.807) is 0 Å². The summed E-state index contributed by atoms with van der Waals surface area (Å²) in [5.74, 6) is 0. The third-order valence-corrected chi connectivity index (χ3v) is 6.78. The SMILES string of the molecule is CCCCCCCCCCCCCCCCCCNC(=O)OCC(C)(C)COC(=O)NC(CC)N(C)C. The fourth-order valence-corrected chi connectivity index (χ4v) is 4.25. The molecule has 0 bridgehead atoms. The molecule has 0 rings (SSSR count). The Morgan fingerprint density at radius 1 is 0.676 bits per heavy atom. The van der Waals surface area contributed by atoms with E-state index in [1.807, 2.05) is 39.8 Å². The first-order chi connectivity index (χ1) is 17.7. The minimum absolute atomic E-state index is 0.0674. The second-order valence-corrected chi connectivity index (χ2v) is 11.6. The van der Waals surface area contributed by atoms with Crippen molar-refractivity contribution in [2.75, 3.05) is 33.9 Å². The summed E-state index contributed by atoms with van der Waals surface area (Å²) in [5, 5.41) is 5.65. The first-order valence-corrected chi connectivity index (χ1v) is 15.2. The van der Waals surface area contributed by atoms with Crippen molar-refractivity contribution in [1.29, 1.82) is 0 Å². The molecule has 7 nitrogen and oxygen atoms in total. The summed E-state index contributed by atoms with van der Waals surface area (Å²) in [6, 6.07) is 0. The second kappa shape index (κ2) is 23.6. The third kappa shape index (κ3) is 23.4. The van der Waals surface area contributed by atoms with Gasteiger partial charge in [-0.15, -0.1) is 0 Å². The van der Waals surface area contributed by atoms with Crippen LogP contribution in [0.15, 0.2) is 0 Å². The number of rotatable bonds is 24. The minimum atomic E-state index is -0.457. The zero-order chi connectivity index (χ0) is 27.8. The van der Waals surface area contributed by atoms with Gasteiger partial charge in [0.15, 0.2) is 0 Å². The molecule has 0 spiro atoms. The number of nitrogens with one attached hydrogen (secondary N) is 2. The maximum absolute atomic E-state index is 12.0. The van der Waals surface area contributed by atoms with Crippen LogP contribution in [0.2, 0.25) is 0 Å². The zero-order valence-corrected chi connectivity index (χ0v) is 25.3. The topological polar surface area (TPSA) is 79.9 Å². The van der Waals surface area contributed by atoms with Crippen LogP contribution in [-0.2, 0) is 9.47 Å². The molecular weight excluding hydrogens is 466 g/mol. The van der Waals surface area contributed by atoms with Gasteiger partial charge >= 0.3 is 12.2 Å². The summed E-state index contributed by atoms with van der Waals surface area (Å²) in [5.41, 5.74) is -0.456. The summed E-state index contributed by atoms with van der Waals surface area (Å²) >= 11 is 0. The molecule has 1 atom stereocenters. The smallest absolute Gasteiger partial charge is 0.408 e. The number of unbranched alkanes of at least 4 members (excludes halogenated alkanes) is 15. The number of nitrogens with zero attached hydrogens (tertiary/aromatic N) is 1. The van der Waals surface area contributed by atoms with Gasteiger partial charge < -0.3 is 20.1 Å². The normalized spacial score (nSPS) is 12.4. The van der Waals surface area contributed by atoms with E-state index in [4.69, 9.17) is 9.47 Å². The predicted octanol–water partition coefficient (Wildman–Crippen LogP) is 8.02. The molecule has 1 unspecified atom stereocenters. The number of carbonyl (C=O) groups excluding carboxylic acids is 2. The molecule has 0 saturated carbocycles. The fraction of sp³-hybridized carbons (Fsp3) is 0.933. The quantitative estimate of drug-likeness (QED) is 0.0981. The highest BCUT2D eigenvalue weighted by Gasteiger charge is 2.23. The van der Waals surface area contributed by atoms with Crippen LogP contribution < -0.4 is 10.6 Å². The van der Waals surface area contributed by atoms with Crippen molar-refractivity contribution >= 4 is 12.2 Å². The summed E-state index contributed by atoms with van der Waals surface area (Å²) in [7, 11) is 3.82. The molecule has 0 aromatic carbocycles. The number of ether oxygens (including phenoxy) is 2. The van der Waals surface area contributed by atoms with E-state index in [0.717, 1.165) is 19.3 Å². The Morgan fingerprint density at radius 2 is 1.08 bits per heavy atom. The summed E-state index contributed by atoms with van der Waals surface area (Å²) < 4.78 is 10.7. The van der Waals surface area contributed by atoms with Crippen LogP contribution in [0.1, 0.15) is 137 Å². The van der Waals surface area contributed by atoms with E-state index in [2.05, 4.69) is 17.6 Å². The number of hydrogen-bond donors (Lipinski definition) is 2. The lowest BCUT2D eigenvalue weighted by molar-refractivity contribution is 0.0430. The van der Waals surface area contributed by atoms with Gasteiger partial charge in [0.1, 0.15) is 13.2 Å². The van der Waals surface area contributed by atoms with Crippen LogP contribution in [0, 0.1) is 5.41 Å². The Labute approximate surface area is 229 Å². The highest BCUT2D eigenvalue weighted by Crippen LogP contribution is 2.16. The van der Waals surface area contributed by atoms with Crippen molar-refractivity contribution in [1.82, 2.24) is 15.5 Å². The number of amides is 2. The molecule has 0 aromatic rings. The maximum atomic E-state index is 12.0. The van der Waals surface area contributed by atoms with Crippen LogP contribution in [0.4, 0.5) is 9.59 Å². The van der Waals surface area contributed by atoms with Crippen molar-refractivity contribution in [2.24, 2.45) is 5.41 Å². The van der Waals surface area contributed by atoms with E-state index in [0.29, 0.717) is 6.54 Å². The van der Waals surface area contributed by atoms with Gasteiger partial charge in [-0.1, -0.05) is 124 Å². The molecule has 0 aliphatic rings. The van der Waals surface area contributed by atoms with E-state index < -0.39 is 17.6 Å². The third-order valence-electron chi connectivity index (χ3n) is 6.78. The molecule has 0 radical (unpaired) electrons. The van der Waals surface area contributed by atoms with Crippen LogP contribution >= 0.6 is 0 Å². The Hall–Kier alpha value is -1.50. The number of carbonyl (C=O) groups is 2. The fourth-order valence-electron chi connectivity index (χ4n) is 4.25. The number of hydrogen-bond acceptors (Lipinski definition) is 5. The highest BCUT2D eigenvalue weighted by atomic mass is 16.6. The van der Waals surface area contributed by atoms with E-state index >= 15 is 0 Å². The van der Waals surface area contributed by atoms with Gasteiger partial charge in [0.25, 0.3) is 0 Å². The Morgan fingerprint density at radius 3 is 1.49 bits per heavy atom. The lowest BCUT2D eigenvalue weighted by Gasteiger charge is -2.26. The zero-order valence-electron chi connectivity index (χ0n) is 25.3. The largest absolute Gasteiger partial charge is 0.449 e. The molecule has 2 N–H and O–H groups in total. The van der Waals surface area contributed by atoms with E-state index in [9.17, 15) is 9.59 Å². The Kier molecular flexibility index (Phi) is 22.6. The standard InChI is InChI=1S/C30H61N3O4/c1-7-9-10-11-12-13-14-15-16-17-18-19-20-21-22-23-24-31-28(34)36-25-30(3,4)26-37-29(35)32-27(8-2)33(5)6/h27H,7-26H2,1-6H3,(H,31,34)(H,32,35). The molecule has 0 fully saturated rings. The van der Waals surface area contributed by atoms with E-state index in [1.165, 1.54) is 89.9 Å².